The van der Waals surface area contributed by atoms with E-state index in [2.05, 4.69) is 133 Å². The maximum Gasteiger partial charge on any atom is 0.270 e. The fourth-order valence-electron chi connectivity index (χ4n) is 8.06. The zero-order valence-corrected chi connectivity index (χ0v) is 28.0. The van der Waals surface area contributed by atoms with Gasteiger partial charge in [-0.2, -0.15) is 0 Å². The number of para-hydroxylation sites is 1. The Hall–Kier alpha value is -5.38. The fraction of sp³-hybridized carbons (Fsp3) is 0.244. The molecule has 0 amide bonds. The highest BCUT2D eigenvalue weighted by molar-refractivity contribution is 5.98. The lowest BCUT2D eigenvalue weighted by Crippen LogP contribution is -2.41. The van der Waals surface area contributed by atoms with Crippen molar-refractivity contribution in [3.8, 4) is 6.07 Å². The average Bonchev–Trinajstić information content (AvgIpc) is 3.13. The smallest absolute Gasteiger partial charge is 0.270 e. The Balaban J connectivity index is 1.54. The summed E-state index contributed by atoms with van der Waals surface area (Å²) in [5.74, 6) is 0. The van der Waals surface area contributed by atoms with Crippen LogP contribution in [0.2, 0.25) is 0 Å². The van der Waals surface area contributed by atoms with E-state index in [0.29, 0.717) is 0 Å². The molecule has 0 radical (unpaired) electrons. The molecular weight excluding hydrogens is 583 g/mol. The fourth-order valence-corrected chi connectivity index (χ4v) is 8.06. The maximum absolute atomic E-state index is 10.2. The van der Waals surface area contributed by atoms with Crippen molar-refractivity contribution in [1.29, 1.82) is 5.26 Å². The van der Waals surface area contributed by atoms with E-state index in [0.717, 1.165) is 58.5 Å². The first kappa shape index (κ1) is 31.2. The number of nitrogens with zero attached hydrogens (tertiary/aromatic N) is 3. The van der Waals surface area contributed by atoms with E-state index >= 15 is 0 Å². The number of aryl methyl sites for hydroxylation is 2. The third kappa shape index (κ3) is 5.03. The summed E-state index contributed by atoms with van der Waals surface area (Å²) in [6.07, 6.45) is 9.40. The second-order valence-electron chi connectivity index (χ2n) is 13.1. The molecule has 1 aliphatic carbocycles. The number of benzene rings is 5. The van der Waals surface area contributed by atoms with Crippen molar-refractivity contribution in [3.63, 3.8) is 0 Å². The minimum Gasteiger partial charge on any atom is -0.310 e. The highest BCUT2D eigenvalue weighted by Crippen LogP contribution is 2.62. The lowest BCUT2D eigenvalue weighted by atomic mass is 9.56. The molecule has 0 bridgehead atoms. The summed E-state index contributed by atoms with van der Waals surface area (Å²) in [5.41, 5.74) is 12.9. The zero-order chi connectivity index (χ0) is 33.1. The van der Waals surface area contributed by atoms with Gasteiger partial charge in [-0.1, -0.05) is 131 Å². The number of hydrogen-bond acceptors (Lipinski definition) is 2. The minimum absolute atomic E-state index is 0.126. The molecule has 0 saturated heterocycles. The van der Waals surface area contributed by atoms with Crippen LogP contribution in [0.15, 0.2) is 121 Å². The number of allylic oxidation sites excluding steroid dienone is 1. The van der Waals surface area contributed by atoms with Crippen molar-refractivity contribution < 1.29 is 0 Å². The minimum atomic E-state index is -0.649. The number of unbranched alkanes of at least 4 members (excludes halogenated alkanes) is 4. The molecule has 0 atom stereocenters. The lowest BCUT2D eigenvalue weighted by molar-refractivity contribution is 0.707. The van der Waals surface area contributed by atoms with Crippen molar-refractivity contribution >= 4 is 22.6 Å². The first-order chi connectivity index (χ1) is 23.7. The number of fused-ring (bicyclic) bond motifs is 8. The van der Waals surface area contributed by atoms with Gasteiger partial charge in [0.2, 0.25) is 0 Å². The lowest BCUT2D eigenvalue weighted by Gasteiger charge is -2.49. The largest absolute Gasteiger partial charge is 0.310 e. The Morgan fingerprint density at radius 2 is 1.19 bits per heavy atom. The molecule has 1 spiro atoms. The summed E-state index contributed by atoms with van der Waals surface area (Å²) >= 11 is 0. The first-order valence-electron chi connectivity index (χ1n) is 17.5. The third-order valence-corrected chi connectivity index (χ3v) is 10.2. The molecule has 1 heterocycles. The van der Waals surface area contributed by atoms with Gasteiger partial charge in [-0.3, -0.25) is 0 Å². The molecule has 5 aromatic rings. The summed E-state index contributed by atoms with van der Waals surface area (Å²) in [4.78, 5) is 6.20. The van der Waals surface area contributed by atoms with E-state index in [1.165, 1.54) is 60.0 Å². The zero-order valence-electron chi connectivity index (χ0n) is 28.0. The van der Waals surface area contributed by atoms with Crippen LogP contribution >= 0.6 is 0 Å². The van der Waals surface area contributed by atoms with Crippen molar-refractivity contribution in [2.75, 3.05) is 4.90 Å². The van der Waals surface area contributed by atoms with E-state index in [9.17, 15) is 5.26 Å². The van der Waals surface area contributed by atoms with Crippen LogP contribution in [0, 0.1) is 17.9 Å². The van der Waals surface area contributed by atoms with Crippen LogP contribution in [0.4, 0.5) is 17.1 Å². The topological polar surface area (TPSA) is 31.4 Å². The van der Waals surface area contributed by atoms with Gasteiger partial charge in [-0.15, -0.1) is 0 Å². The van der Waals surface area contributed by atoms with Crippen molar-refractivity contribution in [1.82, 2.24) is 0 Å². The van der Waals surface area contributed by atoms with Gasteiger partial charge in [0.15, 0.2) is 0 Å². The monoisotopic (exact) mass is 623 g/mol. The molecular formula is C45H41N3. The second kappa shape index (κ2) is 13.4. The van der Waals surface area contributed by atoms with E-state index in [4.69, 9.17) is 6.57 Å². The Morgan fingerprint density at radius 3 is 1.79 bits per heavy atom. The predicted octanol–water partition coefficient (Wildman–Crippen LogP) is 11.8. The molecule has 3 nitrogen and oxygen atoms in total. The van der Waals surface area contributed by atoms with Gasteiger partial charge in [0.05, 0.1) is 29.4 Å². The summed E-state index contributed by atoms with van der Waals surface area (Å²) in [6.45, 7) is 12.5. The highest BCUT2D eigenvalue weighted by Gasteiger charge is 2.51. The molecule has 3 heteroatoms. The van der Waals surface area contributed by atoms with Gasteiger partial charge >= 0.3 is 0 Å². The van der Waals surface area contributed by atoms with Gasteiger partial charge in [-0.25, -0.2) is 10.1 Å². The molecule has 2 aliphatic rings. The molecule has 7 rings (SSSR count). The van der Waals surface area contributed by atoms with Crippen molar-refractivity contribution in [2.45, 2.75) is 70.6 Å². The van der Waals surface area contributed by atoms with Gasteiger partial charge < -0.3 is 4.90 Å². The van der Waals surface area contributed by atoms with E-state index in [1.807, 2.05) is 12.1 Å². The summed E-state index contributed by atoms with van der Waals surface area (Å²) in [6, 6.07) is 44.2. The Kier molecular flexibility index (Phi) is 8.71. The average molecular weight is 624 g/mol. The van der Waals surface area contributed by atoms with Crippen LogP contribution in [0.1, 0.15) is 96.9 Å². The second-order valence-corrected chi connectivity index (χ2v) is 13.1. The number of anilines is 3. The van der Waals surface area contributed by atoms with Crippen LogP contribution in [-0.2, 0) is 18.3 Å². The third-order valence-electron chi connectivity index (χ3n) is 10.2. The Labute approximate surface area is 285 Å². The van der Waals surface area contributed by atoms with Gasteiger partial charge in [0, 0.05) is 11.3 Å². The molecule has 0 saturated carbocycles. The standard InChI is InChI=1S/C45H41N3/c1-4-6-8-16-32-24-27-34(28-25-32)48-42-23-15-14-22-39(42)45(40-29-26-33(30-43(40)48)17-9-7-5-2)37-20-12-10-18-35(37)44(41(31-46)47-3)36-19-11-13-21-38(36)45/h10-15,18-30H,4-9,16-17H2,1-2H3. The number of nitriles is 1. The normalized spacial score (nSPS) is 15.5. The highest BCUT2D eigenvalue weighted by atomic mass is 15.2. The van der Waals surface area contributed by atoms with Crippen LogP contribution in [0.5, 0.6) is 0 Å². The Bertz CT molecular complexity index is 2020. The molecule has 0 N–H and O–H groups in total. The number of hydrogen-bond donors (Lipinski definition) is 0. The summed E-state index contributed by atoms with van der Waals surface area (Å²) < 4.78 is 0. The molecule has 0 unspecified atom stereocenters. The number of rotatable bonds is 9. The molecule has 48 heavy (non-hydrogen) atoms. The predicted molar refractivity (Wildman–Crippen MR) is 198 cm³/mol. The van der Waals surface area contributed by atoms with Crippen molar-refractivity contribution in [3.05, 3.63) is 177 Å². The van der Waals surface area contributed by atoms with Crippen LogP contribution in [-0.4, -0.2) is 0 Å². The van der Waals surface area contributed by atoms with Crippen molar-refractivity contribution in [2.24, 2.45) is 0 Å². The van der Waals surface area contributed by atoms with E-state index < -0.39 is 5.41 Å². The quantitative estimate of drug-likeness (QED) is 0.0910. The molecule has 0 fully saturated rings. The molecule has 5 aromatic carbocycles. The Morgan fingerprint density at radius 1 is 0.646 bits per heavy atom. The molecule has 236 valence electrons. The summed E-state index contributed by atoms with van der Waals surface area (Å²) in [7, 11) is 0. The van der Waals surface area contributed by atoms with Gasteiger partial charge in [0.1, 0.15) is 0 Å². The maximum atomic E-state index is 10.2. The van der Waals surface area contributed by atoms with Crippen LogP contribution < -0.4 is 4.90 Å². The van der Waals surface area contributed by atoms with Crippen LogP contribution in [0.25, 0.3) is 10.4 Å². The molecule has 1 aliphatic heterocycles. The van der Waals surface area contributed by atoms with Gasteiger partial charge in [0.25, 0.3) is 5.70 Å². The van der Waals surface area contributed by atoms with E-state index in [1.54, 1.807) is 0 Å². The van der Waals surface area contributed by atoms with Gasteiger partial charge in [-0.05, 0) is 94.5 Å². The SMILES string of the molecule is [C-]#[N+]C(C#N)=C1c2ccccc2C2(c3ccccc31)c1ccccc1N(c1ccc(CCCCC)cc1)c1cc(CCCCC)ccc12. The van der Waals surface area contributed by atoms with E-state index in [-0.39, 0.29) is 5.70 Å². The first-order valence-corrected chi connectivity index (χ1v) is 17.5. The summed E-state index contributed by atoms with van der Waals surface area (Å²) in [5, 5.41) is 10.2. The van der Waals surface area contributed by atoms with Crippen LogP contribution in [0.3, 0.4) is 0 Å². The molecule has 0 aromatic heterocycles.